The van der Waals surface area contributed by atoms with E-state index in [0.717, 1.165) is 5.69 Å². The molecule has 1 aromatic carbocycles. The van der Waals surface area contributed by atoms with Crippen molar-refractivity contribution in [2.45, 2.75) is 13.5 Å². The highest BCUT2D eigenvalue weighted by molar-refractivity contribution is 6.39. The number of carbonyl (C=O) groups excluding carboxylic acids is 2. The van der Waals surface area contributed by atoms with Gasteiger partial charge in [-0.15, -0.1) is 0 Å². The number of nitrogens with one attached hydrogen (secondary N) is 2. The predicted octanol–water partition coefficient (Wildman–Crippen LogP) is 1.78. The van der Waals surface area contributed by atoms with Crippen LogP contribution in [0.25, 0.3) is 0 Å². The zero-order valence-electron chi connectivity index (χ0n) is 11.4. The van der Waals surface area contributed by atoms with Gasteiger partial charge in [-0.2, -0.15) is 0 Å². The molecule has 2 N–H and O–H groups in total. The van der Waals surface area contributed by atoms with Gasteiger partial charge in [-0.1, -0.05) is 18.2 Å². The lowest BCUT2D eigenvalue weighted by Gasteiger charge is -2.06. The van der Waals surface area contributed by atoms with Crippen molar-refractivity contribution in [1.29, 1.82) is 0 Å². The van der Waals surface area contributed by atoms with E-state index in [1.54, 1.807) is 25.1 Å². The summed E-state index contributed by atoms with van der Waals surface area (Å²) in [5.41, 5.74) is 1.44. The molecule has 0 radical (unpaired) electrons. The summed E-state index contributed by atoms with van der Waals surface area (Å²) in [5.74, 6) is -1.61. The number of pyridine rings is 1. The van der Waals surface area contributed by atoms with Crippen molar-refractivity contribution in [2.75, 3.05) is 5.32 Å². The standard InChI is InChI=1S/C15H14FN3O2/c1-10-3-2-4-13(18-10)19-15(21)14(20)17-9-11-5-7-12(16)8-6-11/h2-8H,9H2,1H3,(H,17,20)(H,18,19,21). The van der Waals surface area contributed by atoms with Gasteiger partial charge in [0.15, 0.2) is 0 Å². The number of nitrogens with zero attached hydrogens (tertiary/aromatic N) is 1. The van der Waals surface area contributed by atoms with Crippen molar-refractivity contribution in [3.8, 4) is 0 Å². The van der Waals surface area contributed by atoms with Crippen molar-refractivity contribution in [2.24, 2.45) is 0 Å². The third-order valence-electron chi connectivity index (χ3n) is 2.70. The summed E-state index contributed by atoms with van der Waals surface area (Å²) in [7, 11) is 0. The zero-order chi connectivity index (χ0) is 15.2. The first kappa shape index (κ1) is 14.6. The van der Waals surface area contributed by atoms with E-state index in [2.05, 4.69) is 15.6 Å². The third-order valence-corrected chi connectivity index (χ3v) is 2.70. The Kier molecular flexibility index (Phi) is 4.61. The van der Waals surface area contributed by atoms with Gasteiger partial charge in [0.2, 0.25) is 0 Å². The maximum absolute atomic E-state index is 12.7. The van der Waals surface area contributed by atoms with Crippen LogP contribution in [0.1, 0.15) is 11.3 Å². The molecule has 5 nitrogen and oxygen atoms in total. The molecular weight excluding hydrogens is 273 g/mol. The molecule has 0 saturated carbocycles. The van der Waals surface area contributed by atoms with Crippen molar-refractivity contribution in [1.82, 2.24) is 10.3 Å². The quantitative estimate of drug-likeness (QED) is 0.845. The van der Waals surface area contributed by atoms with Gasteiger partial charge in [-0.05, 0) is 36.8 Å². The normalized spacial score (nSPS) is 10.0. The summed E-state index contributed by atoms with van der Waals surface area (Å²) in [6.45, 7) is 1.93. The molecule has 6 heteroatoms. The lowest BCUT2D eigenvalue weighted by atomic mass is 10.2. The van der Waals surface area contributed by atoms with Gasteiger partial charge in [0.25, 0.3) is 0 Å². The highest BCUT2D eigenvalue weighted by Gasteiger charge is 2.13. The Morgan fingerprint density at radius 2 is 1.81 bits per heavy atom. The summed E-state index contributed by atoms with van der Waals surface area (Å²) in [6.07, 6.45) is 0. The number of carbonyl (C=O) groups is 2. The van der Waals surface area contributed by atoms with E-state index in [4.69, 9.17) is 0 Å². The third kappa shape index (κ3) is 4.38. The maximum atomic E-state index is 12.7. The van der Waals surface area contributed by atoms with Gasteiger partial charge in [-0.3, -0.25) is 9.59 Å². The Hall–Kier alpha value is -2.76. The molecule has 0 aliphatic carbocycles. The van der Waals surface area contributed by atoms with Crippen LogP contribution >= 0.6 is 0 Å². The van der Waals surface area contributed by atoms with E-state index < -0.39 is 11.8 Å². The first-order chi connectivity index (χ1) is 10.0. The van der Waals surface area contributed by atoms with Crippen molar-refractivity contribution in [3.63, 3.8) is 0 Å². The fraction of sp³-hybridized carbons (Fsp3) is 0.133. The fourth-order valence-electron chi connectivity index (χ4n) is 1.65. The van der Waals surface area contributed by atoms with Crippen LogP contribution in [0.4, 0.5) is 10.2 Å². The lowest BCUT2D eigenvalue weighted by Crippen LogP contribution is -2.35. The molecule has 0 atom stereocenters. The van der Waals surface area contributed by atoms with E-state index in [0.29, 0.717) is 11.4 Å². The first-order valence-corrected chi connectivity index (χ1v) is 6.32. The van der Waals surface area contributed by atoms with Crippen LogP contribution in [0.5, 0.6) is 0 Å². The smallest absolute Gasteiger partial charge is 0.314 e. The van der Waals surface area contributed by atoms with Gasteiger partial charge >= 0.3 is 11.8 Å². The molecule has 0 fully saturated rings. The topological polar surface area (TPSA) is 71.1 Å². The highest BCUT2D eigenvalue weighted by atomic mass is 19.1. The minimum absolute atomic E-state index is 0.147. The van der Waals surface area contributed by atoms with Crippen LogP contribution in [0, 0.1) is 12.7 Å². The first-order valence-electron chi connectivity index (χ1n) is 6.32. The molecule has 1 aromatic heterocycles. The molecule has 0 spiro atoms. The molecule has 108 valence electrons. The summed E-state index contributed by atoms with van der Waals surface area (Å²) in [6, 6.07) is 10.8. The molecule has 0 bridgehead atoms. The molecule has 0 aliphatic heterocycles. The van der Waals surface area contributed by atoms with Gasteiger partial charge < -0.3 is 10.6 Å². The van der Waals surface area contributed by atoms with E-state index >= 15 is 0 Å². The number of halogens is 1. The Balaban J connectivity index is 1.88. The van der Waals surface area contributed by atoms with Gasteiger partial charge in [0.05, 0.1) is 0 Å². The number of anilines is 1. The van der Waals surface area contributed by atoms with Crippen LogP contribution in [0.2, 0.25) is 0 Å². The Labute approximate surface area is 121 Å². The van der Waals surface area contributed by atoms with E-state index in [1.807, 2.05) is 0 Å². The molecule has 0 aliphatic rings. The van der Waals surface area contributed by atoms with Crippen molar-refractivity contribution in [3.05, 3.63) is 59.5 Å². The van der Waals surface area contributed by atoms with Crippen LogP contribution in [-0.2, 0) is 16.1 Å². The molecule has 1 heterocycles. The summed E-state index contributed by atoms with van der Waals surface area (Å²) < 4.78 is 12.7. The number of hydrogen-bond donors (Lipinski definition) is 2. The average Bonchev–Trinajstić information content (AvgIpc) is 2.46. The lowest BCUT2D eigenvalue weighted by molar-refractivity contribution is -0.136. The van der Waals surface area contributed by atoms with Gasteiger partial charge in [-0.25, -0.2) is 9.37 Å². The monoisotopic (exact) mass is 287 g/mol. The van der Waals surface area contributed by atoms with Crippen molar-refractivity contribution < 1.29 is 14.0 Å². The van der Waals surface area contributed by atoms with Crippen LogP contribution in [0.15, 0.2) is 42.5 Å². The summed E-state index contributed by atoms with van der Waals surface area (Å²) in [4.78, 5) is 27.4. The number of amides is 2. The molecule has 2 amide bonds. The number of rotatable bonds is 3. The molecule has 0 saturated heterocycles. The molecule has 0 unspecified atom stereocenters. The number of aryl methyl sites for hydroxylation is 1. The highest BCUT2D eigenvalue weighted by Crippen LogP contribution is 2.04. The maximum Gasteiger partial charge on any atom is 0.314 e. The summed E-state index contributed by atoms with van der Waals surface area (Å²) >= 11 is 0. The van der Waals surface area contributed by atoms with Crippen LogP contribution in [-0.4, -0.2) is 16.8 Å². The second-order valence-corrected chi connectivity index (χ2v) is 4.43. The molecular formula is C15H14FN3O2. The Bertz CT molecular complexity index is 656. The predicted molar refractivity (Wildman–Crippen MR) is 75.9 cm³/mol. The van der Waals surface area contributed by atoms with Crippen LogP contribution in [0.3, 0.4) is 0 Å². The minimum Gasteiger partial charge on any atom is -0.344 e. The SMILES string of the molecule is Cc1cccc(NC(=O)C(=O)NCc2ccc(F)cc2)n1. The van der Waals surface area contributed by atoms with Crippen LogP contribution < -0.4 is 10.6 Å². The number of benzene rings is 1. The minimum atomic E-state index is -0.796. The molecule has 21 heavy (non-hydrogen) atoms. The largest absolute Gasteiger partial charge is 0.344 e. The molecule has 2 aromatic rings. The Morgan fingerprint density at radius 1 is 1.10 bits per heavy atom. The second-order valence-electron chi connectivity index (χ2n) is 4.43. The van der Waals surface area contributed by atoms with E-state index in [9.17, 15) is 14.0 Å². The zero-order valence-corrected chi connectivity index (χ0v) is 11.4. The number of aromatic nitrogens is 1. The van der Waals surface area contributed by atoms with E-state index in [1.165, 1.54) is 24.3 Å². The fourth-order valence-corrected chi connectivity index (χ4v) is 1.65. The number of hydrogen-bond acceptors (Lipinski definition) is 3. The average molecular weight is 287 g/mol. The second kappa shape index (κ2) is 6.60. The van der Waals surface area contributed by atoms with E-state index in [-0.39, 0.29) is 12.4 Å². The Morgan fingerprint density at radius 3 is 2.48 bits per heavy atom. The van der Waals surface area contributed by atoms with Gasteiger partial charge in [0, 0.05) is 12.2 Å². The summed E-state index contributed by atoms with van der Waals surface area (Å²) in [5, 5.41) is 4.86. The van der Waals surface area contributed by atoms with Crippen molar-refractivity contribution >= 4 is 17.6 Å². The van der Waals surface area contributed by atoms with Gasteiger partial charge in [0.1, 0.15) is 11.6 Å². The molecule has 2 rings (SSSR count).